The highest BCUT2D eigenvalue weighted by Gasteiger charge is 2.20. The Kier molecular flexibility index (Phi) is 4.72. The smallest absolute Gasteiger partial charge is 0.332 e. The number of H-pyrrole nitrogens is 1. The molecule has 0 unspecified atom stereocenters. The molecule has 1 aromatic carbocycles. The number of benzene rings is 1. The number of nitriles is 1. The third kappa shape index (κ3) is 3.52. The van der Waals surface area contributed by atoms with Crippen molar-refractivity contribution in [2.45, 2.75) is 19.3 Å². The van der Waals surface area contributed by atoms with Crippen LogP contribution in [0.25, 0.3) is 39.1 Å². The van der Waals surface area contributed by atoms with Gasteiger partial charge in [-0.1, -0.05) is 12.1 Å². The molecule has 0 saturated heterocycles. The van der Waals surface area contributed by atoms with E-state index in [1.165, 1.54) is 0 Å². The third-order valence-electron chi connectivity index (χ3n) is 5.94. The molecule has 0 amide bonds. The Labute approximate surface area is 190 Å². The second-order valence-electron chi connectivity index (χ2n) is 8.63. The zero-order valence-electron chi connectivity index (χ0n) is 18.6. The monoisotopic (exact) mass is 434 g/mol. The Bertz CT molecular complexity index is 1580. The number of nitrogens with one attached hydrogen (secondary N) is 1. The molecule has 0 saturated carbocycles. The standard InChI is InChI=1S/C26H22N6O/c1-26(2,16-27)21-4-6-22(7-5-21)32-23(15-31(3)25(32)33)20-11-18(12-28-13-20)19-10-17-8-9-29-24(17)30-14-19/h4-15H,1-3H3,(H,29,30). The molecule has 1 N–H and O–H groups in total. The van der Waals surface area contributed by atoms with Gasteiger partial charge in [0.15, 0.2) is 0 Å². The summed E-state index contributed by atoms with van der Waals surface area (Å²) in [5, 5.41) is 10.4. The summed E-state index contributed by atoms with van der Waals surface area (Å²) in [6.45, 7) is 3.75. The molecule has 0 radical (unpaired) electrons. The van der Waals surface area contributed by atoms with Gasteiger partial charge in [-0.05, 0) is 49.7 Å². The van der Waals surface area contributed by atoms with Crippen LogP contribution in [0.4, 0.5) is 0 Å². The molecule has 0 bridgehead atoms. The summed E-state index contributed by atoms with van der Waals surface area (Å²) >= 11 is 0. The Morgan fingerprint density at radius 2 is 1.73 bits per heavy atom. The summed E-state index contributed by atoms with van der Waals surface area (Å²) in [5.74, 6) is 0. The van der Waals surface area contributed by atoms with Crippen LogP contribution in [0.3, 0.4) is 0 Å². The Morgan fingerprint density at radius 1 is 1.00 bits per heavy atom. The molecule has 162 valence electrons. The Morgan fingerprint density at radius 3 is 2.48 bits per heavy atom. The van der Waals surface area contributed by atoms with Gasteiger partial charge < -0.3 is 9.55 Å². The number of imidazole rings is 1. The molecule has 0 aliphatic heterocycles. The lowest BCUT2D eigenvalue weighted by molar-refractivity contribution is 0.686. The van der Waals surface area contributed by atoms with Crippen molar-refractivity contribution in [3.63, 3.8) is 0 Å². The minimum absolute atomic E-state index is 0.155. The van der Waals surface area contributed by atoms with Gasteiger partial charge in [0.1, 0.15) is 5.65 Å². The quantitative estimate of drug-likeness (QED) is 0.448. The van der Waals surface area contributed by atoms with E-state index >= 15 is 0 Å². The van der Waals surface area contributed by atoms with Crippen molar-refractivity contribution in [2.75, 3.05) is 0 Å². The highest BCUT2D eigenvalue weighted by atomic mass is 16.1. The van der Waals surface area contributed by atoms with Gasteiger partial charge in [-0.25, -0.2) is 9.78 Å². The van der Waals surface area contributed by atoms with Gasteiger partial charge in [0.2, 0.25) is 0 Å². The highest BCUT2D eigenvalue weighted by Crippen LogP contribution is 2.28. The molecule has 0 fully saturated rings. The van der Waals surface area contributed by atoms with E-state index in [2.05, 4.69) is 27.1 Å². The second kappa shape index (κ2) is 7.61. The maximum atomic E-state index is 13.0. The maximum absolute atomic E-state index is 13.0. The number of hydrogen-bond donors (Lipinski definition) is 1. The molecular weight excluding hydrogens is 412 g/mol. The van der Waals surface area contributed by atoms with Crippen LogP contribution < -0.4 is 5.69 Å². The fraction of sp³-hybridized carbons (Fsp3) is 0.154. The second-order valence-corrected chi connectivity index (χ2v) is 8.63. The lowest BCUT2D eigenvalue weighted by atomic mass is 9.86. The summed E-state index contributed by atoms with van der Waals surface area (Å²) < 4.78 is 3.22. The number of rotatable bonds is 4. The average molecular weight is 435 g/mol. The molecule has 7 heteroatoms. The average Bonchev–Trinajstić information content (AvgIpc) is 3.43. The molecule has 0 spiro atoms. The Balaban J connectivity index is 1.60. The normalized spacial score (nSPS) is 11.6. The predicted octanol–water partition coefficient (Wildman–Crippen LogP) is 4.58. The molecule has 5 aromatic rings. The van der Waals surface area contributed by atoms with Gasteiger partial charge in [0.05, 0.1) is 22.9 Å². The van der Waals surface area contributed by atoms with Gasteiger partial charge in [0, 0.05) is 60.1 Å². The first-order valence-electron chi connectivity index (χ1n) is 10.6. The van der Waals surface area contributed by atoms with E-state index < -0.39 is 5.41 Å². The topological polar surface area (TPSA) is 92.3 Å². The molecule has 7 nitrogen and oxygen atoms in total. The van der Waals surface area contributed by atoms with E-state index in [0.717, 1.165) is 44.7 Å². The molecule has 5 rings (SSSR count). The Hall–Kier alpha value is -4.44. The first kappa shape index (κ1) is 20.5. The van der Waals surface area contributed by atoms with Crippen LogP contribution in [-0.2, 0) is 12.5 Å². The van der Waals surface area contributed by atoms with E-state index in [4.69, 9.17) is 0 Å². The molecule has 33 heavy (non-hydrogen) atoms. The number of nitrogens with zero attached hydrogens (tertiary/aromatic N) is 5. The van der Waals surface area contributed by atoms with Gasteiger partial charge in [0.25, 0.3) is 0 Å². The number of fused-ring (bicyclic) bond motifs is 1. The van der Waals surface area contributed by atoms with Crippen molar-refractivity contribution < 1.29 is 0 Å². The summed E-state index contributed by atoms with van der Waals surface area (Å²) in [5.41, 5.74) is 5.13. The van der Waals surface area contributed by atoms with Gasteiger partial charge in [-0.3, -0.25) is 9.55 Å². The van der Waals surface area contributed by atoms with Crippen LogP contribution in [0.15, 0.2) is 78.2 Å². The van der Waals surface area contributed by atoms with E-state index in [9.17, 15) is 10.1 Å². The number of aryl methyl sites for hydroxylation is 1. The van der Waals surface area contributed by atoms with Crippen molar-refractivity contribution in [1.82, 2.24) is 24.1 Å². The third-order valence-corrected chi connectivity index (χ3v) is 5.94. The van der Waals surface area contributed by atoms with Gasteiger partial charge >= 0.3 is 5.69 Å². The molecule has 4 aromatic heterocycles. The number of aromatic nitrogens is 5. The molecule has 0 atom stereocenters. The predicted molar refractivity (Wildman–Crippen MR) is 128 cm³/mol. The first-order valence-corrected chi connectivity index (χ1v) is 10.6. The fourth-order valence-corrected chi connectivity index (χ4v) is 3.94. The van der Waals surface area contributed by atoms with E-state index in [1.807, 2.05) is 68.8 Å². The minimum atomic E-state index is -0.601. The van der Waals surface area contributed by atoms with Crippen molar-refractivity contribution in [2.24, 2.45) is 7.05 Å². The SMILES string of the molecule is Cn1cc(-c2cncc(-c3cnc4[nH]ccc4c3)c2)n(-c2ccc(C(C)(C)C#N)cc2)c1=O. The van der Waals surface area contributed by atoms with Gasteiger partial charge in [-0.2, -0.15) is 5.26 Å². The van der Waals surface area contributed by atoms with Crippen LogP contribution >= 0.6 is 0 Å². The van der Waals surface area contributed by atoms with Crippen LogP contribution in [0.5, 0.6) is 0 Å². The van der Waals surface area contributed by atoms with Crippen molar-refractivity contribution in [3.8, 4) is 34.1 Å². The van der Waals surface area contributed by atoms with Gasteiger partial charge in [-0.15, -0.1) is 0 Å². The molecule has 0 aliphatic rings. The van der Waals surface area contributed by atoms with Crippen LogP contribution in [-0.4, -0.2) is 24.1 Å². The van der Waals surface area contributed by atoms with Crippen molar-refractivity contribution in [1.29, 1.82) is 5.26 Å². The molecule has 4 heterocycles. The first-order chi connectivity index (χ1) is 15.9. The fourth-order valence-electron chi connectivity index (χ4n) is 3.94. The molecule has 0 aliphatic carbocycles. The number of pyridine rings is 2. The van der Waals surface area contributed by atoms with E-state index in [1.54, 1.807) is 28.6 Å². The van der Waals surface area contributed by atoms with Crippen LogP contribution in [0, 0.1) is 11.3 Å². The summed E-state index contributed by atoms with van der Waals surface area (Å²) in [6, 6.07) is 15.9. The summed E-state index contributed by atoms with van der Waals surface area (Å²) in [4.78, 5) is 25.0. The summed E-state index contributed by atoms with van der Waals surface area (Å²) in [7, 11) is 1.73. The largest absolute Gasteiger partial charge is 0.346 e. The van der Waals surface area contributed by atoms with Crippen molar-refractivity contribution >= 4 is 11.0 Å². The van der Waals surface area contributed by atoms with Crippen LogP contribution in [0.2, 0.25) is 0 Å². The van der Waals surface area contributed by atoms with E-state index in [-0.39, 0.29) is 5.69 Å². The highest BCUT2D eigenvalue weighted by molar-refractivity contribution is 5.82. The lowest BCUT2D eigenvalue weighted by Crippen LogP contribution is -2.21. The van der Waals surface area contributed by atoms with E-state index in [0.29, 0.717) is 0 Å². The van der Waals surface area contributed by atoms with Crippen molar-refractivity contribution in [3.05, 3.63) is 89.5 Å². The minimum Gasteiger partial charge on any atom is -0.346 e. The number of hydrogen-bond acceptors (Lipinski definition) is 4. The molecular formula is C26H22N6O. The maximum Gasteiger partial charge on any atom is 0.332 e. The zero-order chi connectivity index (χ0) is 23.2. The zero-order valence-corrected chi connectivity index (χ0v) is 18.6. The summed E-state index contributed by atoms with van der Waals surface area (Å²) in [6.07, 6.45) is 9.03. The van der Waals surface area contributed by atoms with Crippen LogP contribution in [0.1, 0.15) is 19.4 Å². The lowest BCUT2D eigenvalue weighted by Gasteiger charge is -2.16. The number of aromatic amines is 1.